The van der Waals surface area contributed by atoms with E-state index < -0.39 is 0 Å². The van der Waals surface area contributed by atoms with Gasteiger partial charge in [-0.1, -0.05) is 11.6 Å². The van der Waals surface area contributed by atoms with Gasteiger partial charge >= 0.3 is 0 Å². The van der Waals surface area contributed by atoms with E-state index in [0.29, 0.717) is 0 Å². The van der Waals surface area contributed by atoms with Crippen LogP contribution < -0.4 is 14.8 Å². The molecule has 0 radical (unpaired) electrons. The molecule has 1 aliphatic heterocycles. The lowest BCUT2D eigenvalue weighted by Crippen LogP contribution is -2.30. The van der Waals surface area contributed by atoms with Gasteiger partial charge in [0.1, 0.15) is 11.5 Å². The van der Waals surface area contributed by atoms with Crippen LogP contribution >= 0.6 is 15.9 Å². The minimum absolute atomic E-state index is 0.0583. The molecule has 1 atom stereocenters. The predicted octanol–water partition coefficient (Wildman–Crippen LogP) is 4.80. The maximum atomic E-state index is 5.67. The number of rotatable bonds is 3. The van der Waals surface area contributed by atoms with Crippen molar-refractivity contribution in [3.63, 3.8) is 0 Å². The Morgan fingerprint density at radius 3 is 2.54 bits per heavy atom. The number of ether oxygens (including phenoxy) is 2. The van der Waals surface area contributed by atoms with Crippen LogP contribution in [0.15, 0.2) is 28.7 Å². The summed E-state index contributed by atoms with van der Waals surface area (Å²) in [7, 11) is 3.37. The summed E-state index contributed by atoms with van der Waals surface area (Å²) >= 11 is 3.61. The van der Waals surface area contributed by atoms with Gasteiger partial charge in [-0.3, -0.25) is 0 Å². The topological polar surface area (TPSA) is 46.3 Å². The number of aromatic amines is 1. The SMILES string of the molecule is COc1cc(OC)c(C2NCCc3c2[nH]c2c(C)cc(C)cc32)cc1Br. The molecule has 26 heavy (non-hydrogen) atoms. The molecular weight excluding hydrogens is 392 g/mol. The number of hydrogen-bond acceptors (Lipinski definition) is 3. The zero-order valence-corrected chi connectivity index (χ0v) is 17.1. The van der Waals surface area contributed by atoms with E-state index in [9.17, 15) is 0 Å². The molecule has 0 fully saturated rings. The van der Waals surface area contributed by atoms with Crippen molar-refractivity contribution in [2.24, 2.45) is 0 Å². The van der Waals surface area contributed by atoms with E-state index in [-0.39, 0.29) is 6.04 Å². The second-order valence-electron chi connectivity index (χ2n) is 6.89. The molecule has 1 unspecified atom stereocenters. The Morgan fingerprint density at radius 1 is 1.04 bits per heavy atom. The number of fused-ring (bicyclic) bond motifs is 3. The molecule has 4 nitrogen and oxygen atoms in total. The number of aromatic nitrogens is 1. The van der Waals surface area contributed by atoms with Crippen molar-refractivity contribution >= 4 is 26.8 Å². The van der Waals surface area contributed by atoms with Gasteiger partial charge in [0, 0.05) is 34.8 Å². The highest BCUT2D eigenvalue weighted by molar-refractivity contribution is 9.10. The van der Waals surface area contributed by atoms with Crippen molar-refractivity contribution < 1.29 is 9.47 Å². The number of H-pyrrole nitrogens is 1. The molecule has 2 heterocycles. The Kier molecular flexibility index (Phi) is 4.45. The summed E-state index contributed by atoms with van der Waals surface area (Å²) in [6.45, 7) is 5.27. The van der Waals surface area contributed by atoms with Gasteiger partial charge in [-0.15, -0.1) is 0 Å². The fourth-order valence-electron chi connectivity index (χ4n) is 4.06. The van der Waals surface area contributed by atoms with E-state index in [1.807, 2.05) is 6.07 Å². The smallest absolute Gasteiger partial charge is 0.136 e. The molecule has 136 valence electrons. The molecule has 4 rings (SSSR count). The molecule has 0 saturated heterocycles. The minimum atomic E-state index is 0.0583. The van der Waals surface area contributed by atoms with Crippen LogP contribution in [0.1, 0.15) is 34.0 Å². The van der Waals surface area contributed by atoms with Gasteiger partial charge in [-0.25, -0.2) is 0 Å². The average Bonchev–Trinajstić information content (AvgIpc) is 3.00. The molecule has 1 aliphatic rings. The highest BCUT2D eigenvalue weighted by Gasteiger charge is 2.28. The van der Waals surface area contributed by atoms with Crippen LogP contribution in [0.3, 0.4) is 0 Å². The van der Waals surface area contributed by atoms with Crippen molar-refractivity contribution in [3.8, 4) is 11.5 Å². The van der Waals surface area contributed by atoms with Crippen LogP contribution in [0.25, 0.3) is 10.9 Å². The lowest BCUT2D eigenvalue weighted by molar-refractivity contribution is 0.384. The number of hydrogen-bond donors (Lipinski definition) is 2. The molecule has 2 aromatic carbocycles. The van der Waals surface area contributed by atoms with Crippen LogP contribution in [-0.4, -0.2) is 25.7 Å². The first-order chi connectivity index (χ1) is 12.5. The summed E-state index contributed by atoms with van der Waals surface area (Å²) in [6, 6.07) is 8.61. The highest BCUT2D eigenvalue weighted by Crippen LogP contribution is 2.41. The number of benzene rings is 2. The Bertz CT molecular complexity index is 994. The van der Waals surface area contributed by atoms with E-state index in [2.05, 4.69) is 58.3 Å². The average molecular weight is 415 g/mol. The molecule has 0 saturated carbocycles. The summed E-state index contributed by atoms with van der Waals surface area (Å²) in [5.74, 6) is 1.59. The standard InChI is InChI=1S/C21H23BrN2O2/c1-11-7-12(2)19-14(8-11)13-5-6-23-20(21(13)24-19)15-9-16(22)18(26-4)10-17(15)25-3/h7-10,20,23-24H,5-6H2,1-4H3. The molecule has 3 aromatic rings. The summed E-state index contributed by atoms with van der Waals surface area (Å²) in [4.78, 5) is 3.69. The first kappa shape index (κ1) is 17.4. The third-order valence-corrected chi connectivity index (χ3v) is 5.84. The maximum absolute atomic E-state index is 5.67. The zero-order chi connectivity index (χ0) is 18.4. The molecule has 0 aliphatic carbocycles. The van der Waals surface area contributed by atoms with Crippen LogP contribution in [0.5, 0.6) is 11.5 Å². The summed E-state index contributed by atoms with van der Waals surface area (Å²) in [5.41, 5.74) is 7.57. The van der Waals surface area contributed by atoms with Crippen molar-refractivity contribution in [2.45, 2.75) is 26.3 Å². The van der Waals surface area contributed by atoms with Crippen molar-refractivity contribution in [1.29, 1.82) is 0 Å². The highest BCUT2D eigenvalue weighted by atomic mass is 79.9. The molecule has 0 amide bonds. The van der Waals surface area contributed by atoms with Crippen LogP contribution in [0.4, 0.5) is 0 Å². The van der Waals surface area contributed by atoms with Crippen molar-refractivity contribution in [1.82, 2.24) is 10.3 Å². The maximum Gasteiger partial charge on any atom is 0.136 e. The van der Waals surface area contributed by atoms with Gasteiger partial charge < -0.3 is 19.8 Å². The summed E-state index contributed by atoms with van der Waals surface area (Å²) < 4.78 is 12.0. The van der Waals surface area contributed by atoms with Gasteiger partial charge in [-0.2, -0.15) is 0 Å². The largest absolute Gasteiger partial charge is 0.496 e. The molecule has 2 N–H and O–H groups in total. The van der Waals surface area contributed by atoms with Crippen molar-refractivity contribution in [2.75, 3.05) is 20.8 Å². The van der Waals surface area contributed by atoms with E-state index in [1.165, 1.54) is 33.3 Å². The zero-order valence-electron chi connectivity index (χ0n) is 15.5. The molecule has 0 spiro atoms. The van der Waals surface area contributed by atoms with Crippen LogP contribution in [-0.2, 0) is 6.42 Å². The lowest BCUT2D eigenvalue weighted by Gasteiger charge is -2.26. The molecule has 0 bridgehead atoms. The van der Waals surface area contributed by atoms with Gasteiger partial charge in [0.2, 0.25) is 0 Å². The fraction of sp³-hybridized carbons (Fsp3) is 0.333. The van der Waals surface area contributed by atoms with E-state index >= 15 is 0 Å². The molecule has 1 aromatic heterocycles. The molecular formula is C21H23BrN2O2. The van der Waals surface area contributed by atoms with Crippen LogP contribution in [0.2, 0.25) is 0 Å². The second kappa shape index (κ2) is 6.63. The Hall–Kier alpha value is -1.98. The monoisotopic (exact) mass is 414 g/mol. The van der Waals surface area contributed by atoms with E-state index in [1.54, 1.807) is 14.2 Å². The predicted molar refractivity (Wildman–Crippen MR) is 109 cm³/mol. The third-order valence-electron chi connectivity index (χ3n) is 5.22. The number of halogens is 1. The lowest BCUT2D eigenvalue weighted by atomic mass is 9.93. The summed E-state index contributed by atoms with van der Waals surface area (Å²) in [5, 5.41) is 5.00. The third kappa shape index (κ3) is 2.70. The normalized spacial score (nSPS) is 16.6. The van der Waals surface area contributed by atoms with Crippen LogP contribution in [0, 0.1) is 13.8 Å². The quantitative estimate of drug-likeness (QED) is 0.646. The van der Waals surface area contributed by atoms with Gasteiger partial charge in [0.15, 0.2) is 0 Å². The Morgan fingerprint density at radius 2 is 1.81 bits per heavy atom. The number of methoxy groups -OCH3 is 2. The summed E-state index contributed by atoms with van der Waals surface area (Å²) in [6.07, 6.45) is 1.02. The first-order valence-corrected chi connectivity index (χ1v) is 9.59. The first-order valence-electron chi connectivity index (χ1n) is 8.80. The molecule has 5 heteroatoms. The van der Waals surface area contributed by atoms with E-state index in [0.717, 1.165) is 34.5 Å². The number of nitrogens with one attached hydrogen (secondary N) is 2. The Labute approximate surface area is 162 Å². The van der Waals surface area contributed by atoms with Gasteiger partial charge in [0.05, 0.1) is 24.7 Å². The Balaban J connectivity index is 1.92. The van der Waals surface area contributed by atoms with Crippen molar-refractivity contribution in [3.05, 3.63) is 56.7 Å². The van der Waals surface area contributed by atoms with E-state index in [4.69, 9.17) is 9.47 Å². The second-order valence-corrected chi connectivity index (χ2v) is 7.74. The fourth-order valence-corrected chi connectivity index (χ4v) is 4.58. The van der Waals surface area contributed by atoms with Gasteiger partial charge in [-0.05, 0) is 59.5 Å². The minimum Gasteiger partial charge on any atom is -0.496 e. The number of aryl methyl sites for hydroxylation is 2. The van der Waals surface area contributed by atoms with Gasteiger partial charge in [0.25, 0.3) is 0 Å².